The number of piperazine rings is 1. The van der Waals surface area contributed by atoms with Gasteiger partial charge in [-0.1, -0.05) is 12.1 Å². The summed E-state index contributed by atoms with van der Waals surface area (Å²) in [6.07, 6.45) is 1.82. The van der Waals surface area contributed by atoms with E-state index in [-0.39, 0.29) is 52.6 Å². The lowest BCUT2D eigenvalue weighted by molar-refractivity contribution is 0.0660. The van der Waals surface area contributed by atoms with Crippen LogP contribution in [0.3, 0.4) is 0 Å². The number of hydrogen-bond donors (Lipinski definition) is 1. The summed E-state index contributed by atoms with van der Waals surface area (Å²) in [5.74, 6) is -0.568. The fourth-order valence-electron chi connectivity index (χ4n) is 3.79. The van der Waals surface area contributed by atoms with Crippen molar-refractivity contribution in [2.75, 3.05) is 33.2 Å². The molecule has 1 N–H and O–H groups in total. The van der Waals surface area contributed by atoms with Gasteiger partial charge in [0.05, 0.1) is 6.42 Å². The Hall–Kier alpha value is -3.92. The molecule has 1 fully saturated rings. The number of rotatable bonds is 4. The molecular weight excluding hydrogens is 427 g/mol. The molecule has 1 saturated heterocycles. The Morgan fingerprint density at radius 3 is 2.64 bits per heavy atom. The van der Waals surface area contributed by atoms with Crippen LogP contribution in [0.4, 0.5) is 4.39 Å². The molecule has 168 valence electrons. The van der Waals surface area contributed by atoms with E-state index in [1.54, 1.807) is 29.2 Å². The third kappa shape index (κ3) is 4.12. The van der Waals surface area contributed by atoms with Gasteiger partial charge < -0.3 is 19.3 Å². The third-order valence-electron chi connectivity index (χ3n) is 5.67. The van der Waals surface area contributed by atoms with Crippen LogP contribution in [-0.4, -0.2) is 74.2 Å². The fraction of sp³-hybridized carbons (Fsp3) is 0.261. The number of nitrogens with zero attached hydrogens (tertiary/aromatic N) is 6. The van der Waals surface area contributed by atoms with Gasteiger partial charge in [0.2, 0.25) is 5.89 Å². The number of amides is 1. The van der Waals surface area contributed by atoms with E-state index in [1.807, 2.05) is 7.05 Å². The van der Waals surface area contributed by atoms with Gasteiger partial charge in [-0.05, 0) is 36.9 Å². The SMILES string of the molecule is CN1CCN(C(=O)c2nc(-c3nnc(Cc4ccc(F)cc4)o3)c(O)c3ncccc23)CC1. The van der Waals surface area contributed by atoms with Crippen molar-refractivity contribution in [1.29, 1.82) is 0 Å². The van der Waals surface area contributed by atoms with E-state index in [2.05, 4.69) is 25.1 Å². The van der Waals surface area contributed by atoms with Crippen molar-refractivity contribution in [3.8, 4) is 17.3 Å². The predicted octanol–water partition coefficient (Wildman–Crippen LogP) is 2.50. The average molecular weight is 448 g/mol. The van der Waals surface area contributed by atoms with E-state index in [0.29, 0.717) is 18.5 Å². The Morgan fingerprint density at radius 2 is 1.88 bits per heavy atom. The van der Waals surface area contributed by atoms with Crippen molar-refractivity contribution in [2.45, 2.75) is 6.42 Å². The standard InChI is InChI=1S/C23H21FN6O3/c1-29-9-11-30(12-10-29)23(32)19-16-3-2-8-25-18(16)21(31)20(26-19)22-28-27-17(33-22)13-14-4-6-15(24)7-5-14/h2-8,31H,9-13H2,1H3. The Morgan fingerprint density at radius 1 is 1.12 bits per heavy atom. The molecule has 1 aliphatic rings. The first kappa shape index (κ1) is 21.0. The molecule has 0 radical (unpaired) electrons. The van der Waals surface area contributed by atoms with Crippen LogP contribution in [0.25, 0.3) is 22.5 Å². The Bertz CT molecular complexity index is 1320. The minimum absolute atomic E-state index is 0.00321. The number of halogens is 1. The second-order valence-corrected chi connectivity index (χ2v) is 7.96. The molecule has 5 rings (SSSR count). The molecular formula is C23H21FN6O3. The average Bonchev–Trinajstić information content (AvgIpc) is 3.29. The van der Waals surface area contributed by atoms with Crippen molar-refractivity contribution < 1.29 is 18.7 Å². The zero-order valence-electron chi connectivity index (χ0n) is 17.9. The predicted molar refractivity (Wildman–Crippen MR) is 117 cm³/mol. The maximum Gasteiger partial charge on any atom is 0.273 e. The fourth-order valence-corrected chi connectivity index (χ4v) is 3.79. The number of pyridine rings is 2. The summed E-state index contributed by atoms with van der Waals surface area (Å²) in [6.45, 7) is 2.70. The van der Waals surface area contributed by atoms with Gasteiger partial charge in [-0.15, -0.1) is 10.2 Å². The highest BCUT2D eigenvalue weighted by Gasteiger charge is 2.27. The monoisotopic (exact) mass is 448 g/mol. The molecule has 0 unspecified atom stereocenters. The summed E-state index contributed by atoms with van der Waals surface area (Å²) in [5.41, 5.74) is 1.19. The molecule has 3 aromatic heterocycles. The quantitative estimate of drug-likeness (QED) is 0.507. The highest BCUT2D eigenvalue weighted by Crippen LogP contribution is 2.34. The Labute approximate surface area is 188 Å². The van der Waals surface area contributed by atoms with Crippen LogP contribution < -0.4 is 0 Å². The lowest BCUT2D eigenvalue weighted by atomic mass is 10.1. The van der Waals surface area contributed by atoms with Gasteiger partial charge in [0.25, 0.3) is 11.8 Å². The van der Waals surface area contributed by atoms with Crippen molar-refractivity contribution in [3.05, 3.63) is 65.6 Å². The molecule has 0 aliphatic carbocycles. The molecule has 0 spiro atoms. The summed E-state index contributed by atoms with van der Waals surface area (Å²) in [6, 6.07) is 9.35. The summed E-state index contributed by atoms with van der Waals surface area (Å²) in [7, 11) is 2.01. The minimum atomic E-state index is -0.333. The molecule has 1 amide bonds. The molecule has 4 heterocycles. The van der Waals surface area contributed by atoms with Gasteiger partial charge in [0.1, 0.15) is 17.0 Å². The van der Waals surface area contributed by atoms with E-state index >= 15 is 0 Å². The van der Waals surface area contributed by atoms with Gasteiger partial charge in [0.15, 0.2) is 11.4 Å². The van der Waals surface area contributed by atoms with Crippen molar-refractivity contribution >= 4 is 16.8 Å². The van der Waals surface area contributed by atoms with Gasteiger partial charge in [-0.3, -0.25) is 9.78 Å². The second-order valence-electron chi connectivity index (χ2n) is 7.96. The zero-order valence-corrected chi connectivity index (χ0v) is 17.9. The number of aromatic hydroxyl groups is 1. The molecule has 1 aliphatic heterocycles. The topological polar surface area (TPSA) is 108 Å². The van der Waals surface area contributed by atoms with E-state index < -0.39 is 0 Å². The molecule has 0 bridgehead atoms. The van der Waals surface area contributed by atoms with Gasteiger partial charge in [-0.2, -0.15) is 0 Å². The number of fused-ring (bicyclic) bond motifs is 1. The second kappa shape index (κ2) is 8.55. The van der Waals surface area contributed by atoms with E-state index in [0.717, 1.165) is 18.7 Å². The zero-order chi connectivity index (χ0) is 22.9. The highest BCUT2D eigenvalue weighted by atomic mass is 19.1. The Balaban J connectivity index is 1.52. The van der Waals surface area contributed by atoms with Crippen LogP contribution in [0.15, 0.2) is 47.0 Å². The minimum Gasteiger partial charge on any atom is -0.504 e. The van der Waals surface area contributed by atoms with Crippen LogP contribution in [0.1, 0.15) is 21.9 Å². The third-order valence-corrected chi connectivity index (χ3v) is 5.67. The van der Waals surface area contributed by atoms with Crippen LogP contribution in [0.5, 0.6) is 5.75 Å². The van der Waals surface area contributed by atoms with Crippen molar-refractivity contribution in [2.24, 2.45) is 0 Å². The molecule has 10 heteroatoms. The van der Waals surface area contributed by atoms with Crippen molar-refractivity contribution in [3.63, 3.8) is 0 Å². The first-order valence-corrected chi connectivity index (χ1v) is 10.5. The van der Waals surface area contributed by atoms with Crippen molar-refractivity contribution in [1.82, 2.24) is 30.0 Å². The Kier molecular flexibility index (Phi) is 5.43. The smallest absolute Gasteiger partial charge is 0.273 e. The number of carbonyl (C=O) groups is 1. The largest absolute Gasteiger partial charge is 0.504 e. The number of hydrogen-bond acceptors (Lipinski definition) is 8. The summed E-state index contributed by atoms with van der Waals surface area (Å²) in [4.78, 5) is 25.9. The number of aromatic nitrogens is 4. The number of likely N-dealkylation sites (N-methyl/N-ethyl adjacent to an activating group) is 1. The van der Waals surface area contributed by atoms with E-state index in [1.165, 1.54) is 18.3 Å². The van der Waals surface area contributed by atoms with Gasteiger partial charge >= 0.3 is 0 Å². The normalized spacial score (nSPS) is 14.7. The summed E-state index contributed by atoms with van der Waals surface area (Å²) >= 11 is 0. The lowest BCUT2D eigenvalue weighted by Gasteiger charge is -2.32. The molecule has 0 saturated carbocycles. The molecule has 9 nitrogen and oxygen atoms in total. The molecule has 33 heavy (non-hydrogen) atoms. The van der Waals surface area contributed by atoms with E-state index in [9.17, 15) is 14.3 Å². The number of benzene rings is 1. The van der Waals surface area contributed by atoms with E-state index in [4.69, 9.17) is 4.42 Å². The summed E-state index contributed by atoms with van der Waals surface area (Å²) in [5, 5.41) is 19.3. The van der Waals surface area contributed by atoms with Gasteiger partial charge in [0, 0.05) is 37.8 Å². The number of carbonyl (C=O) groups excluding carboxylic acids is 1. The molecule has 4 aromatic rings. The molecule has 1 aromatic carbocycles. The highest BCUT2D eigenvalue weighted by molar-refractivity contribution is 6.07. The maximum atomic E-state index is 13.3. The van der Waals surface area contributed by atoms with Crippen LogP contribution in [-0.2, 0) is 6.42 Å². The van der Waals surface area contributed by atoms with Crippen LogP contribution >= 0.6 is 0 Å². The van der Waals surface area contributed by atoms with Crippen LogP contribution in [0.2, 0.25) is 0 Å². The first-order valence-electron chi connectivity index (χ1n) is 10.5. The van der Waals surface area contributed by atoms with Gasteiger partial charge in [-0.25, -0.2) is 9.37 Å². The lowest BCUT2D eigenvalue weighted by Crippen LogP contribution is -2.47. The maximum absolute atomic E-state index is 13.3. The summed E-state index contributed by atoms with van der Waals surface area (Å²) < 4.78 is 18.9. The first-order chi connectivity index (χ1) is 16.0. The molecule has 0 atom stereocenters. The van der Waals surface area contributed by atoms with Crippen LogP contribution in [0, 0.1) is 5.82 Å².